The summed E-state index contributed by atoms with van der Waals surface area (Å²) in [5.74, 6) is -1.73. The number of rotatable bonds is 11. The van der Waals surface area contributed by atoms with Crippen LogP contribution in [0.2, 0.25) is 0 Å². The molecule has 0 radical (unpaired) electrons. The van der Waals surface area contributed by atoms with Crippen LogP contribution in [0.3, 0.4) is 0 Å². The maximum Gasteiger partial charge on any atom is 0.327 e. The average molecular weight is 624 g/mol. The fourth-order valence-corrected chi connectivity index (χ4v) is 6.72. The lowest BCUT2D eigenvalue weighted by atomic mass is 9.62. The number of phenolic OH excluding ortho intramolecular Hbond substituents is 1. The molecule has 3 aliphatic heterocycles. The second-order valence-electron chi connectivity index (χ2n) is 11.8. The second kappa shape index (κ2) is 12.9. The monoisotopic (exact) mass is 623 g/mol. The molecule has 2 aromatic carbocycles. The van der Waals surface area contributed by atoms with Crippen LogP contribution in [0.25, 0.3) is 6.08 Å². The number of fused-ring (bicyclic) bond motifs is 4. The number of aliphatic hydroxyl groups is 2. The number of carbonyl (C=O) groups excluding carboxylic acids is 3. The molecule has 3 saturated heterocycles. The van der Waals surface area contributed by atoms with Crippen molar-refractivity contribution in [3.05, 3.63) is 71.3 Å². The van der Waals surface area contributed by atoms with Crippen molar-refractivity contribution in [2.75, 3.05) is 19.9 Å². The van der Waals surface area contributed by atoms with Crippen molar-refractivity contribution in [1.82, 2.24) is 15.7 Å². The maximum atomic E-state index is 14.2. The van der Waals surface area contributed by atoms with Gasteiger partial charge < -0.3 is 40.2 Å². The first-order chi connectivity index (χ1) is 21.7. The molecule has 8 atom stereocenters. The molecule has 45 heavy (non-hydrogen) atoms. The lowest BCUT2D eigenvalue weighted by molar-refractivity contribution is -0.201. The van der Waals surface area contributed by atoms with Gasteiger partial charge in [0.05, 0.1) is 19.3 Å². The summed E-state index contributed by atoms with van der Waals surface area (Å²) in [6.45, 7) is 1.09. The number of nitrogens with zero attached hydrogens (tertiary/aromatic N) is 1. The Labute approximate surface area is 259 Å². The van der Waals surface area contributed by atoms with E-state index in [0.29, 0.717) is 6.42 Å². The first-order valence-corrected chi connectivity index (χ1v) is 15.0. The topological polar surface area (TPSA) is 176 Å². The fraction of sp³-hybridized carbons (Fsp3) is 0.469. The molecule has 4 aliphatic rings. The summed E-state index contributed by atoms with van der Waals surface area (Å²) in [4.78, 5) is 46.9. The van der Waals surface area contributed by atoms with Crippen LogP contribution >= 0.6 is 0 Å². The summed E-state index contributed by atoms with van der Waals surface area (Å²) in [5.41, 5.74) is 1.07. The minimum atomic E-state index is -1.50. The number of aromatic hydroxyl groups is 1. The number of hydrogen-bond acceptors (Lipinski definition) is 11. The molecule has 13 nitrogen and oxygen atoms in total. The Balaban J connectivity index is 1.23. The van der Waals surface area contributed by atoms with Gasteiger partial charge in [-0.05, 0) is 36.1 Å². The quantitative estimate of drug-likeness (QED) is 0.216. The highest BCUT2D eigenvalue weighted by atomic mass is 16.8. The summed E-state index contributed by atoms with van der Waals surface area (Å²) >= 11 is 0. The van der Waals surface area contributed by atoms with E-state index in [4.69, 9.17) is 24.2 Å². The molecule has 13 heteroatoms. The van der Waals surface area contributed by atoms with Gasteiger partial charge in [-0.25, -0.2) is 0 Å². The zero-order valence-electron chi connectivity index (χ0n) is 24.7. The second-order valence-corrected chi connectivity index (χ2v) is 11.8. The number of hydrogen-bond donors (Lipinski definition) is 5. The molecule has 0 spiro atoms. The van der Waals surface area contributed by atoms with Crippen molar-refractivity contribution in [1.29, 1.82) is 0 Å². The van der Waals surface area contributed by atoms with Gasteiger partial charge in [0.15, 0.2) is 6.04 Å². The van der Waals surface area contributed by atoms with E-state index in [1.165, 1.54) is 12.0 Å². The lowest BCUT2D eigenvalue weighted by Gasteiger charge is -2.49. The van der Waals surface area contributed by atoms with Crippen LogP contribution in [-0.4, -0.2) is 101 Å². The number of ether oxygens (including phenoxy) is 3. The van der Waals surface area contributed by atoms with Crippen LogP contribution in [0, 0.1) is 5.41 Å². The lowest BCUT2D eigenvalue weighted by Crippen LogP contribution is -2.71. The van der Waals surface area contributed by atoms with Gasteiger partial charge in [0.2, 0.25) is 11.8 Å². The van der Waals surface area contributed by atoms with Crippen LogP contribution in [0.4, 0.5) is 0 Å². The number of amides is 2. The van der Waals surface area contributed by atoms with Crippen molar-refractivity contribution in [2.24, 2.45) is 5.41 Å². The number of allylic oxidation sites excluding steroid dienone is 1. The molecule has 4 fully saturated rings. The van der Waals surface area contributed by atoms with Crippen molar-refractivity contribution in [3.63, 3.8) is 0 Å². The number of carbonyl (C=O) groups is 3. The molecule has 2 aromatic rings. The fourth-order valence-electron chi connectivity index (χ4n) is 6.72. The number of phenols is 1. The van der Waals surface area contributed by atoms with E-state index in [1.807, 2.05) is 48.6 Å². The molecule has 2 bridgehead atoms. The normalized spacial score (nSPS) is 30.0. The minimum Gasteiger partial charge on any atom is -0.508 e. The number of hydroxylamine groups is 2. The van der Waals surface area contributed by atoms with Gasteiger partial charge in [-0.15, -0.1) is 0 Å². The SMILES string of the molecule is C[C@H](O)[C@@H](NC(=O)[C@@]12C[C@H]3OC(=O)[C@@H]1N(Cc1ccc(C=CCc4ccccc4O)cc1)O[C@@H]2[C@H]1OCO[C@H]13)C(=O)NCCO. The molecule has 0 unspecified atom stereocenters. The minimum absolute atomic E-state index is 0.0512. The molecule has 2 amide bonds. The standard InChI is InChI=1S/C32H37N3O10/c1-18(37)24(29(39)33-13-14-36)34-31(41)32-15-23-25-26(43-17-42-25)28(32)45-35(27(32)30(40)44-23)16-20-11-9-19(10-12-20)5-4-7-21-6-2-3-8-22(21)38/h2-6,8-12,18,23-28,36-38H,7,13-17H2,1H3,(H,33,39)(H,34,41)/t18-,23+,24+,25-,26-,27-,28+,32-/m0/s1. The van der Waals surface area contributed by atoms with E-state index in [1.54, 1.807) is 12.1 Å². The Morgan fingerprint density at radius 3 is 2.62 bits per heavy atom. The zero-order chi connectivity index (χ0) is 31.7. The van der Waals surface area contributed by atoms with E-state index >= 15 is 0 Å². The smallest absolute Gasteiger partial charge is 0.327 e. The molecule has 1 saturated carbocycles. The number of aliphatic hydroxyl groups excluding tert-OH is 2. The predicted octanol–water partition coefficient (Wildman–Crippen LogP) is 0.164. The van der Waals surface area contributed by atoms with Gasteiger partial charge >= 0.3 is 5.97 Å². The average Bonchev–Trinajstić information content (AvgIpc) is 3.65. The maximum absolute atomic E-state index is 14.2. The van der Waals surface area contributed by atoms with E-state index in [2.05, 4.69) is 10.6 Å². The summed E-state index contributed by atoms with van der Waals surface area (Å²) in [5, 5.41) is 36.0. The van der Waals surface area contributed by atoms with Crippen molar-refractivity contribution in [3.8, 4) is 5.75 Å². The van der Waals surface area contributed by atoms with Crippen molar-refractivity contribution >= 4 is 23.9 Å². The Morgan fingerprint density at radius 2 is 1.89 bits per heavy atom. The van der Waals surface area contributed by atoms with E-state index in [0.717, 1.165) is 16.7 Å². The molecule has 0 aromatic heterocycles. The third-order valence-corrected chi connectivity index (χ3v) is 8.91. The van der Waals surface area contributed by atoms with Crippen molar-refractivity contribution < 1.29 is 48.8 Å². The predicted molar refractivity (Wildman–Crippen MR) is 157 cm³/mol. The van der Waals surface area contributed by atoms with Gasteiger partial charge in [0.1, 0.15) is 48.4 Å². The number of benzene rings is 2. The molecule has 3 heterocycles. The van der Waals surface area contributed by atoms with E-state index in [9.17, 15) is 24.6 Å². The molecule has 5 N–H and O–H groups in total. The Hall–Kier alpha value is -3.85. The molecule has 6 rings (SSSR count). The molecular weight excluding hydrogens is 586 g/mol. The van der Waals surface area contributed by atoms with Gasteiger partial charge in [0, 0.05) is 13.0 Å². The van der Waals surface area contributed by atoms with Gasteiger partial charge in [-0.1, -0.05) is 54.6 Å². The van der Waals surface area contributed by atoms with Crippen LogP contribution in [0.5, 0.6) is 5.75 Å². The van der Waals surface area contributed by atoms with Crippen LogP contribution in [-0.2, 0) is 46.4 Å². The summed E-state index contributed by atoms with van der Waals surface area (Å²) < 4.78 is 17.4. The van der Waals surface area contributed by atoms with Gasteiger partial charge in [-0.2, -0.15) is 5.06 Å². The highest BCUT2D eigenvalue weighted by Gasteiger charge is 2.74. The highest BCUT2D eigenvalue weighted by Crippen LogP contribution is 2.55. The van der Waals surface area contributed by atoms with E-state index < -0.39 is 65.8 Å². The number of para-hydroxylation sites is 1. The Bertz CT molecular complexity index is 1450. The van der Waals surface area contributed by atoms with Gasteiger partial charge in [0.25, 0.3) is 0 Å². The third-order valence-electron chi connectivity index (χ3n) is 8.91. The zero-order valence-corrected chi connectivity index (χ0v) is 24.7. The van der Waals surface area contributed by atoms with Crippen molar-refractivity contribution in [2.45, 2.75) is 68.9 Å². The number of nitrogens with one attached hydrogen (secondary N) is 2. The first-order valence-electron chi connectivity index (χ1n) is 15.0. The third kappa shape index (κ3) is 5.83. The van der Waals surface area contributed by atoms with Gasteiger partial charge in [-0.3, -0.25) is 19.2 Å². The molecular formula is C32H37N3O10. The molecule has 1 aliphatic carbocycles. The Morgan fingerprint density at radius 1 is 1.13 bits per heavy atom. The summed E-state index contributed by atoms with van der Waals surface area (Å²) in [6, 6.07) is 12.3. The Kier molecular flexibility index (Phi) is 8.91. The van der Waals surface area contributed by atoms with E-state index in [-0.39, 0.29) is 38.7 Å². The summed E-state index contributed by atoms with van der Waals surface area (Å²) in [6.07, 6.45) is 0.270. The highest BCUT2D eigenvalue weighted by molar-refractivity contribution is 5.96. The van der Waals surface area contributed by atoms with Crippen LogP contribution < -0.4 is 10.6 Å². The van der Waals surface area contributed by atoms with Crippen LogP contribution in [0.15, 0.2) is 54.6 Å². The van der Waals surface area contributed by atoms with Crippen LogP contribution in [0.1, 0.15) is 30.0 Å². The molecule has 240 valence electrons. The first kappa shape index (κ1) is 31.1. The largest absolute Gasteiger partial charge is 0.508 e. The number of esters is 1. The summed E-state index contributed by atoms with van der Waals surface area (Å²) in [7, 11) is 0.